The molecule has 0 aromatic heterocycles. The summed E-state index contributed by atoms with van der Waals surface area (Å²) in [6.45, 7) is 6.68. The first-order chi connectivity index (χ1) is 12.7. The average Bonchev–Trinajstić information content (AvgIpc) is 2.56. The number of carbonyl (C=O) groups excluding carboxylic acids is 1. The molecule has 0 saturated carbocycles. The maximum atomic E-state index is 12.1. The summed E-state index contributed by atoms with van der Waals surface area (Å²) in [5, 5.41) is 12.1. The fourth-order valence-corrected chi connectivity index (χ4v) is 3.28. The number of likely N-dealkylation sites (tertiary alicyclic amines) is 1. The summed E-state index contributed by atoms with van der Waals surface area (Å²) >= 11 is 0. The lowest BCUT2D eigenvalue weighted by atomic mass is 9.95. The number of carboxylic acid groups (broad SMARTS) is 1. The van der Waals surface area contributed by atoms with Crippen LogP contribution in [0.3, 0.4) is 0 Å². The molecule has 1 aromatic carbocycles. The molecule has 2 rings (SSSR count). The average molecular weight is 378 g/mol. The van der Waals surface area contributed by atoms with E-state index in [1.807, 2.05) is 45.0 Å². The second-order valence-electron chi connectivity index (χ2n) is 7.95. The molecule has 2 N–H and O–H groups in total. The summed E-state index contributed by atoms with van der Waals surface area (Å²) in [5.74, 6) is -0.0257. The van der Waals surface area contributed by atoms with E-state index in [1.54, 1.807) is 7.11 Å². The van der Waals surface area contributed by atoms with Crippen LogP contribution in [0.2, 0.25) is 0 Å². The Morgan fingerprint density at radius 1 is 1.22 bits per heavy atom. The Balaban J connectivity index is 2.03. The van der Waals surface area contributed by atoms with Crippen molar-refractivity contribution in [3.8, 4) is 5.75 Å². The van der Waals surface area contributed by atoms with Gasteiger partial charge >= 0.3 is 12.1 Å². The third kappa shape index (κ3) is 7.09. The molecule has 1 amide bonds. The molecule has 150 valence electrons. The topological polar surface area (TPSA) is 88.1 Å². The zero-order valence-corrected chi connectivity index (χ0v) is 16.5. The zero-order chi connectivity index (χ0) is 20.0. The van der Waals surface area contributed by atoms with E-state index >= 15 is 0 Å². The maximum Gasteiger partial charge on any atom is 0.407 e. The number of nitrogens with zero attached hydrogens (tertiary/aromatic N) is 1. The fraction of sp³-hybridized carbons (Fsp3) is 0.600. The van der Waals surface area contributed by atoms with Gasteiger partial charge in [-0.3, -0.25) is 9.69 Å². The number of carbonyl (C=O) groups is 2. The number of piperidine rings is 1. The molecule has 1 aliphatic heterocycles. The second-order valence-corrected chi connectivity index (χ2v) is 7.95. The summed E-state index contributed by atoms with van der Waals surface area (Å²) in [4.78, 5) is 25.4. The number of alkyl carbamates (subject to hydrolysis) is 1. The van der Waals surface area contributed by atoms with Crippen LogP contribution in [0.1, 0.15) is 45.6 Å². The number of hydrogen-bond donors (Lipinski definition) is 2. The van der Waals surface area contributed by atoms with Gasteiger partial charge in [-0.2, -0.15) is 0 Å². The Morgan fingerprint density at radius 2 is 1.89 bits per heavy atom. The van der Waals surface area contributed by atoms with Gasteiger partial charge in [-0.1, -0.05) is 12.1 Å². The molecule has 1 aromatic rings. The predicted octanol–water partition coefficient (Wildman–Crippen LogP) is 3.03. The van der Waals surface area contributed by atoms with Gasteiger partial charge in [0.2, 0.25) is 0 Å². The minimum atomic E-state index is -0.807. The second kappa shape index (κ2) is 9.08. The molecule has 0 spiro atoms. The highest BCUT2D eigenvalue weighted by Crippen LogP contribution is 2.24. The third-order valence-electron chi connectivity index (χ3n) is 4.50. The van der Waals surface area contributed by atoms with Crippen LogP contribution < -0.4 is 10.1 Å². The number of aliphatic carboxylic acids is 1. The molecule has 1 heterocycles. The van der Waals surface area contributed by atoms with Crippen LogP contribution in [0.15, 0.2) is 24.3 Å². The minimum Gasteiger partial charge on any atom is -0.497 e. The maximum absolute atomic E-state index is 12.1. The van der Waals surface area contributed by atoms with Crippen molar-refractivity contribution in [2.24, 2.45) is 0 Å². The van der Waals surface area contributed by atoms with Crippen molar-refractivity contribution in [1.29, 1.82) is 0 Å². The molecule has 0 radical (unpaired) electrons. The first-order valence-corrected chi connectivity index (χ1v) is 9.24. The molecular weight excluding hydrogens is 348 g/mol. The van der Waals surface area contributed by atoms with Crippen LogP contribution in [0.4, 0.5) is 4.79 Å². The highest BCUT2D eigenvalue weighted by molar-refractivity contribution is 5.68. The first-order valence-electron chi connectivity index (χ1n) is 9.24. The summed E-state index contributed by atoms with van der Waals surface area (Å²) in [7, 11) is 1.62. The van der Waals surface area contributed by atoms with Crippen LogP contribution in [0, 0.1) is 0 Å². The van der Waals surface area contributed by atoms with Crippen molar-refractivity contribution < 1.29 is 24.2 Å². The fourth-order valence-electron chi connectivity index (χ4n) is 3.28. The van der Waals surface area contributed by atoms with Crippen LogP contribution in [-0.2, 0) is 16.1 Å². The van der Waals surface area contributed by atoms with Crippen molar-refractivity contribution in [1.82, 2.24) is 10.2 Å². The minimum absolute atomic E-state index is 0.0544. The van der Waals surface area contributed by atoms with E-state index in [0.717, 1.165) is 17.7 Å². The molecule has 0 bridgehead atoms. The largest absolute Gasteiger partial charge is 0.497 e. The molecule has 27 heavy (non-hydrogen) atoms. The van der Waals surface area contributed by atoms with Crippen molar-refractivity contribution in [2.75, 3.05) is 13.7 Å². The van der Waals surface area contributed by atoms with Crippen molar-refractivity contribution in [3.63, 3.8) is 0 Å². The summed E-state index contributed by atoms with van der Waals surface area (Å²) in [5.41, 5.74) is 0.525. The lowest BCUT2D eigenvalue weighted by Crippen LogP contribution is -2.52. The Kier molecular flexibility index (Phi) is 7.07. The number of hydrogen-bond acceptors (Lipinski definition) is 5. The Bertz CT molecular complexity index is 639. The molecule has 1 aliphatic rings. The van der Waals surface area contributed by atoms with Crippen molar-refractivity contribution in [2.45, 2.75) is 64.3 Å². The zero-order valence-electron chi connectivity index (χ0n) is 16.5. The van der Waals surface area contributed by atoms with E-state index in [2.05, 4.69) is 10.2 Å². The van der Waals surface area contributed by atoms with E-state index < -0.39 is 17.7 Å². The van der Waals surface area contributed by atoms with Gasteiger partial charge in [0.25, 0.3) is 0 Å². The standard InChI is InChI=1S/C20H30N2O5/c1-20(2,3)27-19(25)21-15-7-8-16(11-18(23)24)22(13-15)12-14-5-9-17(26-4)10-6-14/h5-6,9-10,15-16H,7-8,11-13H2,1-4H3,(H,21,25)(H,23,24)/t15-,16-/m1/s1. The molecule has 0 unspecified atom stereocenters. The van der Waals surface area contributed by atoms with Gasteiger partial charge in [0.1, 0.15) is 11.4 Å². The van der Waals surface area contributed by atoms with Crippen LogP contribution in [0.25, 0.3) is 0 Å². The Hall–Kier alpha value is -2.28. The summed E-state index contributed by atoms with van der Waals surface area (Å²) in [6, 6.07) is 7.61. The van der Waals surface area contributed by atoms with E-state index in [-0.39, 0.29) is 18.5 Å². The van der Waals surface area contributed by atoms with Gasteiger partial charge in [0, 0.05) is 25.2 Å². The number of methoxy groups -OCH3 is 1. The molecule has 1 saturated heterocycles. The lowest BCUT2D eigenvalue weighted by molar-refractivity contribution is -0.139. The highest BCUT2D eigenvalue weighted by Gasteiger charge is 2.31. The Labute approximate surface area is 160 Å². The molecule has 2 atom stereocenters. The molecule has 7 heteroatoms. The number of rotatable bonds is 6. The van der Waals surface area contributed by atoms with Crippen LogP contribution in [0.5, 0.6) is 5.75 Å². The van der Waals surface area contributed by atoms with E-state index in [1.165, 1.54) is 0 Å². The third-order valence-corrected chi connectivity index (χ3v) is 4.50. The number of ether oxygens (including phenoxy) is 2. The highest BCUT2D eigenvalue weighted by atomic mass is 16.6. The number of benzene rings is 1. The van der Waals surface area contributed by atoms with Crippen LogP contribution >= 0.6 is 0 Å². The summed E-state index contributed by atoms with van der Waals surface area (Å²) in [6.07, 6.45) is 1.10. The van der Waals surface area contributed by atoms with Gasteiger partial charge in [0.15, 0.2) is 0 Å². The van der Waals surface area contributed by atoms with Crippen molar-refractivity contribution in [3.05, 3.63) is 29.8 Å². The molecule has 7 nitrogen and oxygen atoms in total. The van der Waals surface area contributed by atoms with Gasteiger partial charge in [-0.15, -0.1) is 0 Å². The SMILES string of the molecule is COc1ccc(CN2C[C@H](NC(=O)OC(C)(C)C)CC[C@@H]2CC(=O)O)cc1. The lowest BCUT2D eigenvalue weighted by Gasteiger charge is -2.39. The number of amides is 1. The number of carboxylic acids is 1. The predicted molar refractivity (Wildman–Crippen MR) is 102 cm³/mol. The van der Waals surface area contributed by atoms with Gasteiger partial charge in [0.05, 0.1) is 13.5 Å². The first kappa shape index (κ1) is 21.0. The quantitative estimate of drug-likeness (QED) is 0.791. The smallest absolute Gasteiger partial charge is 0.407 e. The molecular formula is C20H30N2O5. The molecule has 1 fully saturated rings. The Morgan fingerprint density at radius 3 is 2.44 bits per heavy atom. The van der Waals surface area contributed by atoms with E-state index in [0.29, 0.717) is 19.5 Å². The normalized spacial score (nSPS) is 20.7. The van der Waals surface area contributed by atoms with Crippen molar-refractivity contribution >= 4 is 12.1 Å². The van der Waals surface area contributed by atoms with Crippen LogP contribution in [-0.4, -0.2) is 53.4 Å². The van der Waals surface area contributed by atoms with E-state index in [9.17, 15) is 14.7 Å². The number of nitrogens with one attached hydrogen (secondary N) is 1. The summed E-state index contributed by atoms with van der Waals surface area (Å²) < 4.78 is 10.5. The van der Waals surface area contributed by atoms with Gasteiger partial charge < -0.3 is 19.9 Å². The molecule has 0 aliphatic carbocycles. The van der Waals surface area contributed by atoms with Gasteiger partial charge in [-0.05, 0) is 51.3 Å². The van der Waals surface area contributed by atoms with Gasteiger partial charge in [-0.25, -0.2) is 4.79 Å². The van der Waals surface area contributed by atoms with E-state index in [4.69, 9.17) is 9.47 Å². The monoisotopic (exact) mass is 378 g/mol.